The molecule has 0 saturated carbocycles. The molecule has 0 aliphatic heterocycles. The smallest absolute Gasteiger partial charge is 0.358 e. The number of carbonyl (C=O) groups is 1. The van der Waals surface area contributed by atoms with Crippen LogP contribution >= 0.6 is 0 Å². The van der Waals surface area contributed by atoms with Crippen molar-refractivity contribution in [3.05, 3.63) is 41.3 Å². The van der Waals surface area contributed by atoms with Crippen molar-refractivity contribution in [3.8, 4) is 5.69 Å². The molecule has 0 bridgehead atoms. The van der Waals surface area contributed by atoms with Crippen LogP contribution in [0.5, 0.6) is 0 Å². The third-order valence-corrected chi connectivity index (χ3v) is 3.51. The second-order valence-electron chi connectivity index (χ2n) is 4.84. The van der Waals surface area contributed by atoms with Crippen LogP contribution in [-0.2, 0) is 4.74 Å². The minimum Gasteiger partial charge on any atom is -0.464 e. The van der Waals surface area contributed by atoms with Crippen molar-refractivity contribution in [1.29, 1.82) is 0 Å². The molecular weight excluding hydrogens is 273 g/mol. The first-order valence-corrected chi connectivity index (χ1v) is 6.72. The van der Waals surface area contributed by atoms with Gasteiger partial charge in [0.1, 0.15) is 11.6 Å². The van der Waals surface area contributed by atoms with Gasteiger partial charge in [-0.25, -0.2) is 13.9 Å². The number of rotatable bonds is 4. The number of esters is 1. The fourth-order valence-electron chi connectivity index (χ4n) is 2.16. The molecule has 2 aromatic rings. The number of hydrogen-bond acceptors (Lipinski definition) is 4. The van der Waals surface area contributed by atoms with Crippen LogP contribution in [0.2, 0.25) is 0 Å². The van der Waals surface area contributed by atoms with E-state index in [1.807, 2.05) is 13.8 Å². The van der Waals surface area contributed by atoms with Crippen molar-refractivity contribution < 1.29 is 13.9 Å². The van der Waals surface area contributed by atoms with E-state index in [-0.39, 0.29) is 17.4 Å². The average Bonchev–Trinajstić information content (AvgIpc) is 2.84. The van der Waals surface area contributed by atoms with Gasteiger partial charge in [-0.3, -0.25) is 0 Å². The van der Waals surface area contributed by atoms with E-state index in [9.17, 15) is 9.18 Å². The SMILES string of the molecule is CCC(C)c1c(C(=O)OC)nn(-c2ccc(F)cc2)c1N. The maximum atomic E-state index is 13.0. The molecule has 0 spiro atoms. The number of methoxy groups -OCH3 is 1. The standard InChI is InChI=1S/C15H18FN3O2/c1-4-9(2)12-13(15(20)21-3)18-19(14(12)17)11-7-5-10(16)6-8-11/h5-9H,4,17H2,1-3H3. The summed E-state index contributed by atoms with van der Waals surface area (Å²) >= 11 is 0. The van der Waals surface area contributed by atoms with E-state index < -0.39 is 5.97 Å². The molecular formula is C15H18FN3O2. The number of carbonyl (C=O) groups excluding carboxylic acids is 1. The first-order chi connectivity index (χ1) is 9.99. The van der Waals surface area contributed by atoms with Gasteiger partial charge in [0.25, 0.3) is 0 Å². The van der Waals surface area contributed by atoms with Gasteiger partial charge in [-0.1, -0.05) is 13.8 Å². The number of nitrogens with two attached hydrogens (primary N) is 1. The number of halogens is 1. The summed E-state index contributed by atoms with van der Waals surface area (Å²) in [4.78, 5) is 11.9. The van der Waals surface area contributed by atoms with Crippen molar-refractivity contribution in [1.82, 2.24) is 9.78 Å². The van der Waals surface area contributed by atoms with Crippen molar-refractivity contribution in [2.24, 2.45) is 0 Å². The number of ether oxygens (including phenoxy) is 1. The van der Waals surface area contributed by atoms with Crippen LogP contribution in [0.3, 0.4) is 0 Å². The quantitative estimate of drug-likeness (QED) is 0.879. The molecule has 0 radical (unpaired) electrons. The van der Waals surface area contributed by atoms with Crippen LogP contribution in [0.1, 0.15) is 42.2 Å². The zero-order valence-corrected chi connectivity index (χ0v) is 12.3. The van der Waals surface area contributed by atoms with Gasteiger partial charge < -0.3 is 10.5 Å². The molecule has 112 valence electrons. The molecule has 0 fully saturated rings. The first-order valence-electron chi connectivity index (χ1n) is 6.72. The average molecular weight is 291 g/mol. The van der Waals surface area contributed by atoms with Crippen molar-refractivity contribution in [3.63, 3.8) is 0 Å². The molecule has 0 saturated heterocycles. The number of benzene rings is 1. The van der Waals surface area contributed by atoms with E-state index >= 15 is 0 Å². The highest BCUT2D eigenvalue weighted by Gasteiger charge is 2.25. The molecule has 0 aliphatic rings. The zero-order chi connectivity index (χ0) is 15.6. The van der Waals surface area contributed by atoms with Crippen LogP contribution < -0.4 is 5.73 Å². The van der Waals surface area contributed by atoms with Gasteiger partial charge in [0.2, 0.25) is 0 Å². The minimum atomic E-state index is -0.530. The highest BCUT2D eigenvalue weighted by molar-refractivity contribution is 5.90. The second-order valence-corrected chi connectivity index (χ2v) is 4.84. The number of hydrogen-bond donors (Lipinski definition) is 1. The number of nitrogen functional groups attached to an aromatic ring is 1. The molecule has 2 rings (SSSR count). The number of aromatic nitrogens is 2. The molecule has 1 aromatic heterocycles. The van der Waals surface area contributed by atoms with Crippen LogP contribution in [0.15, 0.2) is 24.3 Å². The van der Waals surface area contributed by atoms with Crippen LogP contribution in [-0.4, -0.2) is 22.9 Å². The monoisotopic (exact) mass is 291 g/mol. The Kier molecular flexibility index (Phi) is 4.26. The van der Waals surface area contributed by atoms with E-state index in [4.69, 9.17) is 10.5 Å². The summed E-state index contributed by atoms with van der Waals surface area (Å²) in [5.74, 6) is -0.442. The summed E-state index contributed by atoms with van der Waals surface area (Å²) in [6, 6.07) is 5.74. The van der Waals surface area contributed by atoms with Crippen LogP contribution in [0, 0.1) is 5.82 Å². The van der Waals surface area contributed by atoms with Gasteiger partial charge in [-0.2, -0.15) is 5.10 Å². The van der Waals surface area contributed by atoms with Crippen molar-refractivity contribution >= 4 is 11.8 Å². The number of nitrogens with zero attached hydrogens (tertiary/aromatic N) is 2. The fraction of sp³-hybridized carbons (Fsp3) is 0.333. The molecule has 1 aromatic carbocycles. The summed E-state index contributed by atoms with van der Waals surface area (Å²) in [5, 5.41) is 4.24. The topological polar surface area (TPSA) is 70.1 Å². The van der Waals surface area contributed by atoms with Gasteiger partial charge >= 0.3 is 5.97 Å². The van der Waals surface area contributed by atoms with Gasteiger partial charge in [-0.15, -0.1) is 0 Å². The van der Waals surface area contributed by atoms with E-state index in [1.165, 1.54) is 23.9 Å². The molecule has 0 aliphatic carbocycles. The third kappa shape index (κ3) is 2.74. The number of anilines is 1. The summed E-state index contributed by atoms with van der Waals surface area (Å²) in [6.07, 6.45) is 0.809. The lowest BCUT2D eigenvalue weighted by Gasteiger charge is -2.10. The van der Waals surface area contributed by atoms with E-state index in [2.05, 4.69) is 5.10 Å². The normalized spacial score (nSPS) is 12.2. The Labute approximate surface area is 122 Å². The molecule has 2 N–H and O–H groups in total. The molecule has 0 amide bonds. The maximum Gasteiger partial charge on any atom is 0.358 e. The van der Waals surface area contributed by atoms with Gasteiger partial charge in [0.05, 0.1) is 12.8 Å². The predicted molar refractivity (Wildman–Crippen MR) is 78.0 cm³/mol. The Bertz CT molecular complexity index is 650. The molecule has 1 atom stereocenters. The zero-order valence-electron chi connectivity index (χ0n) is 12.3. The Hall–Kier alpha value is -2.37. The highest BCUT2D eigenvalue weighted by atomic mass is 19.1. The van der Waals surface area contributed by atoms with E-state index in [0.717, 1.165) is 6.42 Å². The lowest BCUT2D eigenvalue weighted by atomic mass is 9.98. The molecule has 1 heterocycles. The Morgan fingerprint density at radius 2 is 2.05 bits per heavy atom. The Morgan fingerprint density at radius 1 is 1.43 bits per heavy atom. The lowest BCUT2D eigenvalue weighted by molar-refractivity contribution is 0.0591. The van der Waals surface area contributed by atoms with Gasteiger partial charge in [0, 0.05) is 5.56 Å². The largest absolute Gasteiger partial charge is 0.464 e. The second kappa shape index (κ2) is 5.95. The maximum absolute atomic E-state index is 13.0. The molecule has 21 heavy (non-hydrogen) atoms. The summed E-state index contributed by atoms with van der Waals surface area (Å²) < 4.78 is 19.2. The summed E-state index contributed by atoms with van der Waals surface area (Å²) in [5.41, 5.74) is 7.60. The summed E-state index contributed by atoms with van der Waals surface area (Å²) in [7, 11) is 1.30. The molecule has 5 nitrogen and oxygen atoms in total. The highest BCUT2D eigenvalue weighted by Crippen LogP contribution is 2.30. The Balaban J connectivity index is 2.60. The van der Waals surface area contributed by atoms with Gasteiger partial charge in [0.15, 0.2) is 5.69 Å². The van der Waals surface area contributed by atoms with Crippen LogP contribution in [0.4, 0.5) is 10.2 Å². The van der Waals surface area contributed by atoms with Crippen molar-refractivity contribution in [2.75, 3.05) is 12.8 Å². The molecule has 1 unspecified atom stereocenters. The summed E-state index contributed by atoms with van der Waals surface area (Å²) in [6.45, 7) is 3.97. The third-order valence-electron chi connectivity index (χ3n) is 3.51. The van der Waals surface area contributed by atoms with Crippen LogP contribution in [0.25, 0.3) is 5.69 Å². The molecule has 6 heteroatoms. The fourth-order valence-corrected chi connectivity index (χ4v) is 2.16. The van der Waals surface area contributed by atoms with E-state index in [0.29, 0.717) is 17.1 Å². The van der Waals surface area contributed by atoms with Gasteiger partial charge in [-0.05, 0) is 36.6 Å². The first kappa shape index (κ1) is 15.0. The predicted octanol–water partition coefficient (Wildman–Crippen LogP) is 2.89. The lowest BCUT2D eigenvalue weighted by Crippen LogP contribution is -2.07. The van der Waals surface area contributed by atoms with Crippen molar-refractivity contribution in [2.45, 2.75) is 26.2 Å². The van der Waals surface area contributed by atoms with E-state index in [1.54, 1.807) is 12.1 Å². The Morgan fingerprint density at radius 3 is 2.57 bits per heavy atom. The minimum absolute atomic E-state index is 0.0632.